The van der Waals surface area contributed by atoms with Crippen LogP contribution in [0.1, 0.15) is 0 Å². The third kappa shape index (κ3) is 1.68. The largest absolute Gasteiger partial charge is 0.394 e. The molecule has 1 fully saturated rings. The van der Waals surface area contributed by atoms with Gasteiger partial charge in [0.05, 0.1) is 12.7 Å². The minimum Gasteiger partial charge on any atom is -0.394 e. The smallest absolute Gasteiger partial charge is 0.111 e. The molecule has 1 heterocycles. The van der Waals surface area contributed by atoms with E-state index in [1.807, 2.05) is 0 Å². The van der Waals surface area contributed by atoms with Crippen molar-refractivity contribution >= 4 is 12.6 Å². The lowest BCUT2D eigenvalue weighted by molar-refractivity contribution is -0.0161. The Morgan fingerprint density at radius 2 is 1.73 bits per heavy atom. The van der Waals surface area contributed by atoms with Crippen LogP contribution in [0, 0.1) is 0 Å². The highest BCUT2D eigenvalue weighted by Gasteiger charge is 2.41. The predicted octanol–water partition coefficient (Wildman–Crippen LogP) is -1.60. The van der Waals surface area contributed by atoms with Crippen LogP contribution in [0.3, 0.4) is 0 Å². The zero-order valence-corrected chi connectivity index (χ0v) is 6.82. The number of hydrogen-bond donors (Lipinski definition) is 4. The molecule has 1 aliphatic heterocycles. The summed E-state index contributed by atoms with van der Waals surface area (Å²) in [5, 5.41) is 27.1. The van der Waals surface area contributed by atoms with Gasteiger partial charge in [-0.2, -0.15) is 12.6 Å². The third-order valence-electron chi connectivity index (χ3n) is 1.82. The SMILES string of the molecule is OC[C@H]1O[C@@H](CS)[C@@H](O)[C@@H]1O. The van der Waals surface area contributed by atoms with E-state index in [4.69, 9.17) is 9.84 Å². The standard InChI is InChI=1S/C6H12O4S/c7-1-3-5(8)6(9)4(2-11)10-3/h3-9,11H,1-2H2/t3-,4+,5-,6-/m1/s1. The average Bonchev–Trinajstić information content (AvgIpc) is 2.30. The maximum absolute atomic E-state index is 9.22. The Kier molecular flexibility index (Phi) is 3.15. The number of hydrogen-bond acceptors (Lipinski definition) is 5. The van der Waals surface area contributed by atoms with Crippen molar-refractivity contribution in [2.75, 3.05) is 12.4 Å². The molecule has 0 unspecified atom stereocenters. The molecule has 0 aliphatic carbocycles. The van der Waals surface area contributed by atoms with E-state index in [9.17, 15) is 10.2 Å². The molecule has 1 saturated heterocycles. The second-order valence-corrected chi connectivity index (χ2v) is 2.92. The Morgan fingerprint density at radius 3 is 2.00 bits per heavy atom. The van der Waals surface area contributed by atoms with E-state index >= 15 is 0 Å². The fraction of sp³-hybridized carbons (Fsp3) is 1.00. The number of ether oxygens (including phenoxy) is 1. The topological polar surface area (TPSA) is 69.9 Å². The molecule has 0 radical (unpaired) electrons. The molecule has 4 nitrogen and oxygen atoms in total. The van der Waals surface area contributed by atoms with Crippen molar-refractivity contribution in [1.29, 1.82) is 0 Å². The van der Waals surface area contributed by atoms with Crippen LogP contribution in [-0.4, -0.2) is 52.1 Å². The van der Waals surface area contributed by atoms with E-state index in [0.717, 1.165) is 0 Å². The van der Waals surface area contributed by atoms with Gasteiger partial charge in [0.25, 0.3) is 0 Å². The lowest BCUT2D eigenvalue weighted by atomic mass is 10.1. The lowest BCUT2D eigenvalue weighted by Crippen LogP contribution is -2.34. The zero-order valence-electron chi connectivity index (χ0n) is 5.92. The molecule has 0 saturated carbocycles. The van der Waals surface area contributed by atoms with Crippen molar-refractivity contribution in [2.45, 2.75) is 24.4 Å². The maximum Gasteiger partial charge on any atom is 0.111 e. The van der Waals surface area contributed by atoms with E-state index in [2.05, 4.69) is 12.6 Å². The molecule has 0 aromatic rings. The van der Waals surface area contributed by atoms with Gasteiger partial charge in [-0.05, 0) is 0 Å². The molecule has 0 amide bonds. The Bertz CT molecular complexity index is 114. The quantitative estimate of drug-likeness (QED) is 0.386. The van der Waals surface area contributed by atoms with Crippen molar-refractivity contribution in [3.63, 3.8) is 0 Å². The van der Waals surface area contributed by atoms with Crippen LogP contribution in [0.25, 0.3) is 0 Å². The van der Waals surface area contributed by atoms with Crippen LogP contribution in [0.4, 0.5) is 0 Å². The van der Waals surface area contributed by atoms with Crippen LogP contribution in [0.5, 0.6) is 0 Å². The Hall–Kier alpha value is 0.190. The molecule has 0 spiro atoms. The van der Waals surface area contributed by atoms with Gasteiger partial charge < -0.3 is 20.1 Å². The summed E-state index contributed by atoms with van der Waals surface area (Å²) in [4.78, 5) is 0. The van der Waals surface area contributed by atoms with Crippen molar-refractivity contribution in [2.24, 2.45) is 0 Å². The Balaban J connectivity index is 2.53. The summed E-state index contributed by atoms with van der Waals surface area (Å²) in [5.74, 6) is 0.342. The fourth-order valence-corrected chi connectivity index (χ4v) is 1.43. The molecular formula is C6H12O4S. The monoisotopic (exact) mass is 180 g/mol. The minimum absolute atomic E-state index is 0.275. The van der Waals surface area contributed by atoms with Crippen molar-refractivity contribution in [3.05, 3.63) is 0 Å². The first-order chi connectivity index (χ1) is 5.20. The summed E-state index contributed by atoms with van der Waals surface area (Å²) < 4.78 is 5.06. The lowest BCUT2D eigenvalue weighted by Gasteiger charge is -2.10. The van der Waals surface area contributed by atoms with Crippen molar-refractivity contribution < 1.29 is 20.1 Å². The third-order valence-corrected chi connectivity index (χ3v) is 2.18. The van der Waals surface area contributed by atoms with Gasteiger partial charge in [-0.1, -0.05) is 0 Å². The van der Waals surface area contributed by atoms with E-state index in [1.165, 1.54) is 0 Å². The molecule has 3 N–H and O–H groups in total. The van der Waals surface area contributed by atoms with Gasteiger partial charge in [-0.15, -0.1) is 0 Å². The number of thiol groups is 1. The van der Waals surface area contributed by atoms with Crippen LogP contribution in [0.15, 0.2) is 0 Å². The first-order valence-corrected chi connectivity index (χ1v) is 4.07. The van der Waals surface area contributed by atoms with Crippen LogP contribution < -0.4 is 0 Å². The Labute approximate surface area is 70.2 Å². The minimum atomic E-state index is -0.989. The van der Waals surface area contributed by atoms with Gasteiger partial charge in [-0.3, -0.25) is 0 Å². The van der Waals surface area contributed by atoms with Crippen LogP contribution >= 0.6 is 12.6 Å². The first-order valence-electron chi connectivity index (χ1n) is 3.44. The molecule has 11 heavy (non-hydrogen) atoms. The second kappa shape index (κ2) is 3.73. The Morgan fingerprint density at radius 1 is 1.18 bits per heavy atom. The highest BCUT2D eigenvalue weighted by atomic mass is 32.1. The molecule has 0 aromatic heterocycles. The van der Waals surface area contributed by atoms with E-state index in [-0.39, 0.29) is 6.61 Å². The van der Waals surface area contributed by atoms with E-state index < -0.39 is 24.4 Å². The number of rotatable bonds is 2. The summed E-state index contributed by atoms with van der Waals surface area (Å²) >= 11 is 3.92. The zero-order chi connectivity index (χ0) is 8.43. The average molecular weight is 180 g/mol. The van der Waals surface area contributed by atoms with Gasteiger partial charge in [0.2, 0.25) is 0 Å². The summed E-state index contributed by atoms with van der Waals surface area (Å²) in [6.07, 6.45) is -3.05. The van der Waals surface area contributed by atoms with Crippen molar-refractivity contribution in [1.82, 2.24) is 0 Å². The molecule has 1 rings (SSSR count). The number of aliphatic hydroxyl groups is 3. The van der Waals surface area contributed by atoms with Gasteiger partial charge in [0.15, 0.2) is 0 Å². The fourth-order valence-electron chi connectivity index (χ4n) is 1.13. The molecule has 66 valence electrons. The summed E-state index contributed by atoms with van der Waals surface area (Å²) in [7, 11) is 0. The van der Waals surface area contributed by atoms with Gasteiger partial charge in [0, 0.05) is 5.75 Å². The maximum atomic E-state index is 9.22. The first kappa shape index (κ1) is 9.28. The number of aliphatic hydroxyl groups excluding tert-OH is 3. The molecular weight excluding hydrogens is 168 g/mol. The van der Waals surface area contributed by atoms with Crippen molar-refractivity contribution in [3.8, 4) is 0 Å². The summed E-state index contributed by atoms with van der Waals surface area (Å²) in [5.41, 5.74) is 0. The van der Waals surface area contributed by atoms with E-state index in [1.54, 1.807) is 0 Å². The summed E-state index contributed by atoms with van der Waals surface area (Å²) in [6, 6.07) is 0. The summed E-state index contributed by atoms with van der Waals surface area (Å²) in [6.45, 7) is -0.275. The van der Waals surface area contributed by atoms with Gasteiger partial charge >= 0.3 is 0 Å². The van der Waals surface area contributed by atoms with Crippen LogP contribution in [0.2, 0.25) is 0 Å². The molecule has 0 bridgehead atoms. The highest BCUT2D eigenvalue weighted by Crippen LogP contribution is 2.21. The predicted molar refractivity (Wildman–Crippen MR) is 41.6 cm³/mol. The molecule has 5 heteroatoms. The highest BCUT2D eigenvalue weighted by molar-refractivity contribution is 7.80. The molecule has 0 aromatic carbocycles. The second-order valence-electron chi connectivity index (χ2n) is 2.56. The van der Waals surface area contributed by atoms with Gasteiger partial charge in [-0.25, -0.2) is 0 Å². The van der Waals surface area contributed by atoms with Gasteiger partial charge in [0.1, 0.15) is 18.3 Å². The molecule has 4 atom stereocenters. The van der Waals surface area contributed by atoms with E-state index in [0.29, 0.717) is 5.75 Å². The normalized spacial score (nSPS) is 44.7. The molecule has 1 aliphatic rings. The van der Waals surface area contributed by atoms with Crippen LogP contribution in [-0.2, 0) is 4.74 Å².